The van der Waals surface area contributed by atoms with Crippen LogP contribution in [0.25, 0.3) is 0 Å². The van der Waals surface area contributed by atoms with Gasteiger partial charge in [0.25, 0.3) is 0 Å². The summed E-state index contributed by atoms with van der Waals surface area (Å²) in [6.45, 7) is 0.668. The predicted octanol–water partition coefficient (Wildman–Crippen LogP) is 4.03. The van der Waals surface area contributed by atoms with Crippen LogP contribution in [0.3, 0.4) is 0 Å². The second-order valence-electron chi connectivity index (χ2n) is 7.31. The summed E-state index contributed by atoms with van der Waals surface area (Å²) in [4.78, 5) is 0. The van der Waals surface area contributed by atoms with Gasteiger partial charge in [0.2, 0.25) is 0 Å². The van der Waals surface area contributed by atoms with Crippen molar-refractivity contribution in [1.82, 2.24) is 0 Å². The number of hydrogen-bond acceptors (Lipinski definition) is 2. The summed E-state index contributed by atoms with van der Waals surface area (Å²) in [6, 6.07) is -0.321. The third-order valence-electron chi connectivity index (χ3n) is 6.07. The van der Waals surface area contributed by atoms with Crippen LogP contribution in [-0.4, -0.2) is 24.4 Å². The van der Waals surface area contributed by atoms with Gasteiger partial charge in [-0.3, -0.25) is 0 Å². The number of alkyl halides is 3. The highest BCUT2D eigenvalue weighted by Crippen LogP contribution is 2.48. The molecule has 122 valence electrons. The SMILES string of the molecule is NC(C1CCOC2(CCC2)C1)C1CCCCC1C(F)(F)F. The Morgan fingerprint density at radius 1 is 1.05 bits per heavy atom. The van der Waals surface area contributed by atoms with Gasteiger partial charge in [0.05, 0.1) is 11.5 Å². The molecule has 21 heavy (non-hydrogen) atoms. The van der Waals surface area contributed by atoms with Crippen LogP contribution < -0.4 is 5.73 Å². The van der Waals surface area contributed by atoms with Crippen molar-refractivity contribution in [2.24, 2.45) is 23.5 Å². The van der Waals surface area contributed by atoms with Crippen LogP contribution >= 0.6 is 0 Å². The smallest absolute Gasteiger partial charge is 0.375 e. The van der Waals surface area contributed by atoms with Crippen molar-refractivity contribution in [3.05, 3.63) is 0 Å². The standard InChI is InChI=1S/C16H26F3NO/c17-16(18,19)13-5-2-1-4-12(13)14(20)11-6-9-21-15(10-11)7-3-8-15/h11-14H,1-10,20H2. The summed E-state index contributed by atoms with van der Waals surface area (Å²) in [5, 5.41) is 0. The summed E-state index contributed by atoms with van der Waals surface area (Å²) in [6.07, 6.45) is 3.36. The molecule has 0 amide bonds. The van der Waals surface area contributed by atoms with Crippen molar-refractivity contribution in [3.8, 4) is 0 Å². The second kappa shape index (κ2) is 5.73. The molecule has 3 rings (SSSR count). The lowest BCUT2D eigenvalue weighted by molar-refractivity contribution is -0.203. The van der Waals surface area contributed by atoms with Crippen molar-refractivity contribution in [1.29, 1.82) is 0 Å². The molecular weight excluding hydrogens is 279 g/mol. The molecule has 0 bridgehead atoms. The molecule has 1 aliphatic heterocycles. The van der Waals surface area contributed by atoms with Crippen molar-refractivity contribution in [2.45, 2.75) is 75.6 Å². The van der Waals surface area contributed by atoms with Crippen molar-refractivity contribution in [3.63, 3.8) is 0 Å². The van der Waals surface area contributed by atoms with Crippen molar-refractivity contribution >= 4 is 0 Å². The van der Waals surface area contributed by atoms with Crippen LogP contribution in [0.4, 0.5) is 13.2 Å². The zero-order valence-electron chi connectivity index (χ0n) is 12.5. The zero-order chi connectivity index (χ0) is 15.1. The van der Waals surface area contributed by atoms with Gasteiger partial charge in [-0.15, -0.1) is 0 Å². The van der Waals surface area contributed by atoms with Gasteiger partial charge >= 0.3 is 6.18 Å². The molecule has 0 aromatic carbocycles. The summed E-state index contributed by atoms with van der Waals surface area (Å²) in [5.74, 6) is -1.38. The lowest BCUT2D eigenvalue weighted by Gasteiger charge is -2.50. The van der Waals surface area contributed by atoms with E-state index in [2.05, 4.69) is 0 Å². The van der Waals surface area contributed by atoms with Gasteiger partial charge in [0.1, 0.15) is 0 Å². The van der Waals surface area contributed by atoms with Gasteiger partial charge < -0.3 is 10.5 Å². The summed E-state index contributed by atoms with van der Waals surface area (Å²) in [7, 11) is 0. The van der Waals surface area contributed by atoms with E-state index in [1.165, 1.54) is 6.42 Å². The number of halogens is 3. The molecule has 4 atom stereocenters. The van der Waals surface area contributed by atoms with Crippen molar-refractivity contribution in [2.75, 3.05) is 6.61 Å². The molecule has 1 heterocycles. The molecule has 2 aliphatic carbocycles. The molecule has 0 radical (unpaired) electrons. The highest BCUT2D eigenvalue weighted by molar-refractivity contribution is 4.98. The Labute approximate surface area is 124 Å². The Kier molecular flexibility index (Phi) is 4.25. The Bertz CT molecular complexity index is 367. The maximum Gasteiger partial charge on any atom is 0.392 e. The first-order valence-electron chi connectivity index (χ1n) is 8.38. The average molecular weight is 305 g/mol. The molecule has 2 saturated carbocycles. The lowest BCUT2D eigenvalue weighted by atomic mass is 9.65. The van der Waals surface area contributed by atoms with E-state index < -0.39 is 12.1 Å². The maximum absolute atomic E-state index is 13.3. The highest BCUT2D eigenvalue weighted by Gasteiger charge is 2.50. The van der Waals surface area contributed by atoms with Crippen LogP contribution in [-0.2, 0) is 4.74 Å². The van der Waals surface area contributed by atoms with E-state index in [0.29, 0.717) is 19.4 Å². The molecule has 4 unspecified atom stereocenters. The largest absolute Gasteiger partial charge is 0.392 e. The van der Waals surface area contributed by atoms with Crippen LogP contribution in [0, 0.1) is 17.8 Å². The van der Waals surface area contributed by atoms with Gasteiger partial charge in [-0.25, -0.2) is 0 Å². The Hall–Kier alpha value is -0.290. The molecule has 3 aliphatic rings. The van der Waals surface area contributed by atoms with Gasteiger partial charge in [-0.05, 0) is 56.8 Å². The third-order valence-corrected chi connectivity index (χ3v) is 6.07. The van der Waals surface area contributed by atoms with E-state index in [1.807, 2.05) is 0 Å². The lowest BCUT2D eigenvalue weighted by Crippen LogP contribution is -2.53. The summed E-state index contributed by atoms with van der Waals surface area (Å²) in [5.41, 5.74) is 6.32. The fourth-order valence-electron chi connectivity index (χ4n) is 4.69. The fraction of sp³-hybridized carbons (Fsp3) is 1.00. The minimum Gasteiger partial charge on any atom is -0.375 e. The molecule has 1 saturated heterocycles. The van der Waals surface area contributed by atoms with Crippen molar-refractivity contribution < 1.29 is 17.9 Å². The van der Waals surface area contributed by atoms with E-state index >= 15 is 0 Å². The van der Waals surface area contributed by atoms with Gasteiger partial charge in [-0.1, -0.05) is 12.8 Å². The molecular formula is C16H26F3NO. The molecule has 2 nitrogen and oxygen atoms in total. The van der Waals surface area contributed by atoms with Gasteiger partial charge in [0.15, 0.2) is 0 Å². The maximum atomic E-state index is 13.3. The van der Waals surface area contributed by atoms with Crippen LogP contribution in [0.5, 0.6) is 0 Å². The molecule has 2 N–H and O–H groups in total. The first kappa shape index (κ1) is 15.6. The minimum absolute atomic E-state index is 0.0388. The Morgan fingerprint density at radius 2 is 1.76 bits per heavy atom. The monoisotopic (exact) mass is 305 g/mol. The second-order valence-corrected chi connectivity index (χ2v) is 7.31. The van der Waals surface area contributed by atoms with Gasteiger partial charge in [0, 0.05) is 12.6 Å². The molecule has 0 aromatic rings. The quantitative estimate of drug-likeness (QED) is 0.836. The fourth-order valence-corrected chi connectivity index (χ4v) is 4.69. The molecule has 3 fully saturated rings. The van der Waals surface area contributed by atoms with E-state index in [0.717, 1.165) is 32.1 Å². The van der Waals surface area contributed by atoms with E-state index in [4.69, 9.17) is 10.5 Å². The normalized spacial score (nSPS) is 38.0. The van der Waals surface area contributed by atoms with E-state index in [1.54, 1.807) is 0 Å². The number of ether oxygens (including phenoxy) is 1. The first-order valence-corrected chi connectivity index (χ1v) is 8.38. The van der Waals surface area contributed by atoms with Crippen LogP contribution in [0.2, 0.25) is 0 Å². The number of hydrogen-bond donors (Lipinski definition) is 1. The molecule has 0 aromatic heterocycles. The van der Waals surface area contributed by atoms with Gasteiger partial charge in [-0.2, -0.15) is 13.2 Å². The molecule has 1 spiro atoms. The first-order chi connectivity index (χ1) is 9.91. The van der Waals surface area contributed by atoms with E-state index in [-0.39, 0.29) is 29.9 Å². The molecule has 5 heteroatoms. The Morgan fingerprint density at radius 3 is 2.38 bits per heavy atom. The average Bonchev–Trinajstić information content (AvgIpc) is 2.44. The number of rotatable bonds is 2. The summed E-state index contributed by atoms with van der Waals surface area (Å²) >= 11 is 0. The summed E-state index contributed by atoms with van der Waals surface area (Å²) < 4.78 is 45.7. The highest BCUT2D eigenvalue weighted by atomic mass is 19.4. The van der Waals surface area contributed by atoms with E-state index in [9.17, 15) is 13.2 Å². The zero-order valence-corrected chi connectivity index (χ0v) is 12.5. The predicted molar refractivity (Wildman–Crippen MR) is 74.7 cm³/mol. The third kappa shape index (κ3) is 3.09. The Balaban J connectivity index is 1.69. The number of nitrogens with two attached hydrogens (primary N) is 1. The van der Waals surface area contributed by atoms with Crippen LogP contribution in [0.15, 0.2) is 0 Å². The van der Waals surface area contributed by atoms with Crippen LogP contribution in [0.1, 0.15) is 57.8 Å². The minimum atomic E-state index is -4.10. The topological polar surface area (TPSA) is 35.2 Å².